The maximum absolute atomic E-state index is 2.32. The Bertz CT molecular complexity index is 76.6. The van der Waals surface area contributed by atoms with Crippen LogP contribution in [0.15, 0.2) is 0 Å². The molecule has 1 aliphatic rings. The van der Waals surface area contributed by atoms with Gasteiger partial charge in [-0.2, -0.15) is 11.8 Å². The second kappa shape index (κ2) is 2.96. The summed E-state index contributed by atoms with van der Waals surface area (Å²) in [5, 5.41) is 0. The summed E-state index contributed by atoms with van der Waals surface area (Å²) in [4.78, 5) is 0. The molecule has 0 bridgehead atoms. The van der Waals surface area contributed by atoms with Crippen molar-refractivity contribution in [3.8, 4) is 0 Å². The molecule has 0 aromatic heterocycles. The number of rotatable bonds is 2. The van der Waals surface area contributed by atoms with E-state index in [1.165, 1.54) is 31.4 Å². The zero-order valence-electron chi connectivity index (χ0n) is 6.44. The fourth-order valence-electron chi connectivity index (χ4n) is 1.56. The van der Waals surface area contributed by atoms with Gasteiger partial charge in [0, 0.05) is 4.75 Å². The molecule has 1 aliphatic heterocycles. The molecular formula is C8H16S. The summed E-state index contributed by atoms with van der Waals surface area (Å²) >= 11 is 2.19. The van der Waals surface area contributed by atoms with Crippen LogP contribution in [0, 0.1) is 0 Å². The van der Waals surface area contributed by atoms with Crippen molar-refractivity contribution in [3.63, 3.8) is 0 Å². The van der Waals surface area contributed by atoms with E-state index in [1.54, 1.807) is 0 Å². The van der Waals surface area contributed by atoms with E-state index in [2.05, 4.69) is 25.6 Å². The normalized spacial score (nSPS) is 24.7. The Kier molecular flexibility index (Phi) is 2.45. The molecule has 0 unspecified atom stereocenters. The van der Waals surface area contributed by atoms with Crippen LogP contribution in [-0.4, -0.2) is 10.5 Å². The van der Waals surface area contributed by atoms with Crippen molar-refractivity contribution in [1.29, 1.82) is 0 Å². The average molecular weight is 144 g/mol. The molecule has 0 saturated carbocycles. The molecular weight excluding hydrogens is 128 g/mol. The highest BCUT2D eigenvalue weighted by atomic mass is 32.2. The van der Waals surface area contributed by atoms with Crippen LogP contribution in [0.3, 0.4) is 0 Å². The van der Waals surface area contributed by atoms with Gasteiger partial charge in [-0.25, -0.2) is 0 Å². The van der Waals surface area contributed by atoms with Crippen LogP contribution in [0.2, 0.25) is 0 Å². The van der Waals surface area contributed by atoms with Crippen LogP contribution in [-0.2, 0) is 0 Å². The Morgan fingerprint density at radius 1 is 1.33 bits per heavy atom. The molecule has 1 rings (SSSR count). The van der Waals surface area contributed by atoms with Gasteiger partial charge in [0.1, 0.15) is 0 Å². The van der Waals surface area contributed by atoms with Gasteiger partial charge < -0.3 is 0 Å². The van der Waals surface area contributed by atoms with Crippen molar-refractivity contribution in [1.82, 2.24) is 0 Å². The monoisotopic (exact) mass is 144 g/mol. The van der Waals surface area contributed by atoms with Crippen LogP contribution in [0.1, 0.15) is 39.5 Å². The lowest BCUT2D eigenvalue weighted by Gasteiger charge is -2.23. The summed E-state index contributed by atoms with van der Waals surface area (Å²) < 4.78 is 0.694. The average Bonchev–Trinajstić information content (AvgIpc) is 2.36. The summed E-state index contributed by atoms with van der Waals surface area (Å²) in [5.41, 5.74) is 0. The third kappa shape index (κ3) is 1.43. The van der Waals surface area contributed by atoms with Gasteiger partial charge in [-0.3, -0.25) is 0 Å². The highest BCUT2D eigenvalue weighted by Crippen LogP contribution is 2.42. The van der Waals surface area contributed by atoms with Crippen LogP contribution < -0.4 is 0 Å². The summed E-state index contributed by atoms with van der Waals surface area (Å²) in [6.45, 7) is 4.64. The molecule has 9 heavy (non-hydrogen) atoms. The molecule has 0 N–H and O–H groups in total. The molecule has 0 radical (unpaired) electrons. The first-order valence-corrected chi connectivity index (χ1v) is 4.95. The minimum Gasteiger partial charge on any atom is -0.155 e. The Morgan fingerprint density at radius 2 is 2.00 bits per heavy atom. The fraction of sp³-hybridized carbons (Fsp3) is 1.00. The molecule has 1 fully saturated rings. The number of hydrogen-bond donors (Lipinski definition) is 0. The zero-order chi connectivity index (χ0) is 6.74. The van der Waals surface area contributed by atoms with Crippen molar-refractivity contribution in [2.24, 2.45) is 0 Å². The minimum atomic E-state index is 0.694. The predicted octanol–water partition coefficient (Wildman–Crippen LogP) is 3.07. The van der Waals surface area contributed by atoms with Crippen molar-refractivity contribution >= 4 is 11.8 Å². The maximum Gasteiger partial charge on any atom is 0.0155 e. The Morgan fingerprint density at radius 3 is 2.22 bits per heavy atom. The van der Waals surface area contributed by atoms with Crippen molar-refractivity contribution < 1.29 is 0 Å². The predicted molar refractivity (Wildman–Crippen MR) is 45.0 cm³/mol. The van der Waals surface area contributed by atoms with E-state index in [9.17, 15) is 0 Å². The van der Waals surface area contributed by atoms with Crippen LogP contribution in [0.25, 0.3) is 0 Å². The topological polar surface area (TPSA) is 0 Å². The van der Waals surface area contributed by atoms with Gasteiger partial charge in [0.2, 0.25) is 0 Å². The van der Waals surface area contributed by atoms with Crippen LogP contribution in [0.5, 0.6) is 0 Å². The van der Waals surface area contributed by atoms with Crippen molar-refractivity contribution in [3.05, 3.63) is 0 Å². The summed E-state index contributed by atoms with van der Waals surface area (Å²) in [5.74, 6) is 1.40. The highest BCUT2D eigenvalue weighted by molar-refractivity contribution is 8.00. The molecule has 1 saturated heterocycles. The van der Waals surface area contributed by atoms with Gasteiger partial charge in [-0.15, -0.1) is 0 Å². The van der Waals surface area contributed by atoms with E-state index in [0.717, 1.165) is 0 Å². The van der Waals surface area contributed by atoms with Gasteiger partial charge in [0.05, 0.1) is 0 Å². The molecule has 1 heterocycles. The molecule has 0 aromatic carbocycles. The summed E-state index contributed by atoms with van der Waals surface area (Å²) in [6, 6.07) is 0. The molecule has 0 aromatic rings. The molecule has 54 valence electrons. The molecule has 1 heteroatoms. The third-order valence-corrected chi connectivity index (χ3v) is 4.36. The van der Waals surface area contributed by atoms with Crippen molar-refractivity contribution in [2.45, 2.75) is 44.3 Å². The molecule has 0 spiro atoms. The van der Waals surface area contributed by atoms with Gasteiger partial charge in [0.25, 0.3) is 0 Å². The van der Waals surface area contributed by atoms with Crippen molar-refractivity contribution in [2.75, 3.05) is 5.75 Å². The van der Waals surface area contributed by atoms with E-state index < -0.39 is 0 Å². The maximum atomic E-state index is 2.32. The van der Waals surface area contributed by atoms with Crippen LogP contribution in [0.4, 0.5) is 0 Å². The molecule has 0 atom stereocenters. The van der Waals surface area contributed by atoms with E-state index in [1.807, 2.05) is 0 Å². The van der Waals surface area contributed by atoms with Gasteiger partial charge in [-0.05, 0) is 31.4 Å². The van der Waals surface area contributed by atoms with Gasteiger partial charge >= 0.3 is 0 Å². The number of thioether (sulfide) groups is 1. The van der Waals surface area contributed by atoms with E-state index in [4.69, 9.17) is 0 Å². The first-order chi connectivity index (χ1) is 4.33. The lowest BCUT2D eigenvalue weighted by molar-refractivity contribution is 0.525. The largest absolute Gasteiger partial charge is 0.155 e. The van der Waals surface area contributed by atoms with E-state index in [0.29, 0.717) is 4.75 Å². The standard InChI is InChI=1S/C8H16S/c1-3-8(4-2)6-5-7-9-8/h3-7H2,1-2H3. The SMILES string of the molecule is CCC1(CC)CCCS1. The smallest absolute Gasteiger partial charge is 0.0155 e. The summed E-state index contributed by atoms with van der Waals surface area (Å²) in [6.07, 6.45) is 5.65. The number of hydrogen-bond acceptors (Lipinski definition) is 1. The first kappa shape index (κ1) is 7.46. The third-order valence-electron chi connectivity index (χ3n) is 2.47. The summed E-state index contributed by atoms with van der Waals surface area (Å²) in [7, 11) is 0. The van der Waals surface area contributed by atoms with E-state index >= 15 is 0 Å². The Balaban J connectivity index is 2.45. The quantitative estimate of drug-likeness (QED) is 0.574. The molecule has 0 nitrogen and oxygen atoms in total. The van der Waals surface area contributed by atoms with Crippen LogP contribution >= 0.6 is 11.8 Å². The molecule has 0 aliphatic carbocycles. The minimum absolute atomic E-state index is 0.694. The fourth-order valence-corrected chi connectivity index (χ4v) is 2.98. The van der Waals surface area contributed by atoms with Gasteiger partial charge in [-0.1, -0.05) is 13.8 Å². The second-order valence-electron chi connectivity index (χ2n) is 2.84. The first-order valence-electron chi connectivity index (χ1n) is 3.97. The highest BCUT2D eigenvalue weighted by Gasteiger charge is 2.30. The Hall–Kier alpha value is 0.350. The Labute approximate surface area is 62.4 Å². The van der Waals surface area contributed by atoms with Gasteiger partial charge in [0.15, 0.2) is 0 Å². The lowest BCUT2D eigenvalue weighted by atomic mass is 9.97. The second-order valence-corrected chi connectivity index (χ2v) is 4.41. The lowest BCUT2D eigenvalue weighted by Crippen LogP contribution is -2.17. The van der Waals surface area contributed by atoms with E-state index in [-0.39, 0.29) is 0 Å². The molecule has 0 amide bonds. The zero-order valence-corrected chi connectivity index (χ0v) is 7.26.